The number of thiol groups is 1. The van der Waals surface area contributed by atoms with Crippen molar-refractivity contribution in [1.29, 1.82) is 0 Å². The highest BCUT2D eigenvalue weighted by atomic mass is 32.1. The molecule has 0 aromatic heterocycles. The average molecular weight is 177 g/mol. The fourth-order valence-corrected chi connectivity index (χ4v) is 0.653. The zero-order chi connectivity index (χ0) is 8.69. The van der Waals surface area contributed by atoms with Gasteiger partial charge in [0, 0.05) is 6.54 Å². The van der Waals surface area contributed by atoms with E-state index in [1.165, 1.54) is 0 Å². The summed E-state index contributed by atoms with van der Waals surface area (Å²) in [5, 5.41) is 2.65. The van der Waals surface area contributed by atoms with Crippen LogP contribution in [0.15, 0.2) is 0 Å². The third-order valence-corrected chi connectivity index (χ3v) is 1.31. The average Bonchev–Trinajstić information content (AvgIpc) is 1.97. The van der Waals surface area contributed by atoms with Crippen molar-refractivity contribution in [3.05, 3.63) is 0 Å². The van der Waals surface area contributed by atoms with E-state index in [-0.39, 0.29) is 17.8 Å². The highest BCUT2D eigenvalue weighted by molar-refractivity contribution is 7.81. The third kappa shape index (κ3) is 7.68. The van der Waals surface area contributed by atoms with Crippen LogP contribution >= 0.6 is 12.6 Å². The maximum absolute atomic E-state index is 10.6. The highest BCUT2D eigenvalue weighted by Crippen LogP contribution is 1.84. The molecule has 0 aromatic carbocycles. The second-order valence-electron chi connectivity index (χ2n) is 2.43. The number of nitrogens with one attached hydrogen (secondary N) is 1. The van der Waals surface area contributed by atoms with Crippen LogP contribution in [-0.2, 0) is 9.53 Å². The molecule has 1 N–H and O–H groups in total. The van der Waals surface area contributed by atoms with Gasteiger partial charge in [-0.25, -0.2) is 0 Å². The molecular formula is C7H15NO2S. The molecule has 0 heterocycles. The topological polar surface area (TPSA) is 38.3 Å². The van der Waals surface area contributed by atoms with E-state index in [0.29, 0.717) is 13.2 Å². The monoisotopic (exact) mass is 177 g/mol. The van der Waals surface area contributed by atoms with E-state index in [0.717, 1.165) is 0 Å². The van der Waals surface area contributed by atoms with Gasteiger partial charge in [0.05, 0.1) is 18.5 Å². The van der Waals surface area contributed by atoms with Crippen molar-refractivity contribution in [2.45, 2.75) is 20.0 Å². The maximum atomic E-state index is 10.6. The molecule has 0 spiro atoms. The summed E-state index contributed by atoms with van der Waals surface area (Å²) in [6.45, 7) is 5.05. The number of ether oxygens (including phenoxy) is 1. The molecule has 0 aliphatic carbocycles. The largest absolute Gasteiger partial charge is 0.377 e. The van der Waals surface area contributed by atoms with Gasteiger partial charge in [0.2, 0.25) is 5.91 Å². The van der Waals surface area contributed by atoms with Crippen LogP contribution in [0.5, 0.6) is 0 Å². The number of hydrogen-bond acceptors (Lipinski definition) is 3. The Kier molecular flexibility index (Phi) is 6.36. The normalized spacial score (nSPS) is 10.2. The lowest BCUT2D eigenvalue weighted by atomic mass is 10.5. The fraction of sp³-hybridized carbons (Fsp3) is 0.857. The number of hydrogen-bond donors (Lipinski definition) is 2. The molecule has 0 aromatic rings. The minimum Gasteiger partial charge on any atom is -0.377 e. The Hall–Kier alpha value is -0.220. The lowest BCUT2D eigenvalue weighted by Crippen LogP contribution is -2.28. The van der Waals surface area contributed by atoms with Gasteiger partial charge in [-0.2, -0.15) is 12.6 Å². The van der Waals surface area contributed by atoms with Gasteiger partial charge in [-0.1, -0.05) is 0 Å². The summed E-state index contributed by atoms with van der Waals surface area (Å²) in [5.74, 6) is 0.183. The van der Waals surface area contributed by atoms with Crippen LogP contribution in [0.4, 0.5) is 0 Å². The molecule has 0 fully saturated rings. The predicted molar refractivity (Wildman–Crippen MR) is 48.0 cm³/mol. The molecule has 0 rings (SSSR count). The second-order valence-corrected chi connectivity index (χ2v) is 2.74. The SMILES string of the molecule is CC(C)OCCNC(=O)CS. The van der Waals surface area contributed by atoms with Crippen LogP contribution < -0.4 is 5.32 Å². The first kappa shape index (κ1) is 10.8. The summed E-state index contributed by atoms with van der Waals surface area (Å²) in [7, 11) is 0. The van der Waals surface area contributed by atoms with Crippen LogP contribution in [0.3, 0.4) is 0 Å². The zero-order valence-corrected chi connectivity index (χ0v) is 7.86. The summed E-state index contributed by atoms with van der Waals surface area (Å²) in [6.07, 6.45) is 0.225. The van der Waals surface area contributed by atoms with Gasteiger partial charge < -0.3 is 10.1 Å². The van der Waals surface area contributed by atoms with E-state index < -0.39 is 0 Å². The van der Waals surface area contributed by atoms with E-state index in [4.69, 9.17) is 4.74 Å². The van der Waals surface area contributed by atoms with Gasteiger partial charge >= 0.3 is 0 Å². The molecule has 0 saturated carbocycles. The Morgan fingerprint density at radius 2 is 2.27 bits per heavy atom. The van der Waals surface area contributed by atoms with E-state index in [1.54, 1.807) is 0 Å². The molecule has 66 valence electrons. The Morgan fingerprint density at radius 3 is 2.73 bits per heavy atom. The standard InChI is InChI=1S/C7H15NO2S/c1-6(2)10-4-3-8-7(9)5-11/h6,11H,3-5H2,1-2H3,(H,8,9). The summed E-state index contributed by atoms with van der Waals surface area (Å²) in [6, 6.07) is 0. The van der Waals surface area contributed by atoms with Gasteiger partial charge in [-0.15, -0.1) is 0 Å². The summed E-state index contributed by atoms with van der Waals surface area (Å²) in [5.41, 5.74) is 0. The zero-order valence-electron chi connectivity index (χ0n) is 6.96. The Labute approximate surface area is 72.9 Å². The van der Waals surface area contributed by atoms with Crippen molar-refractivity contribution < 1.29 is 9.53 Å². The van der Waals surface area contributed by atoms with Crippen molar-refractivity contribution in [3.8, 4) is 0 Å². The number of carbonyl (C=O) groups excluding carboxylic acids is 1. The molecule has 0 radical (unpaired) electrons. The first-order valence-electron chi connectivity index (χ1n) is 3.66. The summed E-state index contributed by atoms with van der Waals surface area (Å²) >= 11 is 3.81. The summed E-state index contributed by atoms with van der Waals surface area (Å²) < 4.78 is 5.20. The fourth-order valence-electron chi connectivity index (χ4n) is 0.541. The molecule has 0 atom stereocenters. The number of carbonyl (C=O) groups is 1. The lowest BCUT2D eigenvalue weighted by Gasteiger charge is -2.07. The van der Waals surface area contributed by atoms with Crippen LogP contribution in [-0.4, -0.2) is 30.9 Å². The number of rotatable bonds is 5. The molecule has 3 nitrogen and oxygen atoms in total. The minimum atomic E-state index is -0.0549. The van der Waals surface area contributed by atoms with E-state index in [9.17, 15) is 4.79 Å². The van der Waals surface area contributed by atoms with E-state index in [2.05, 4.69) is 17.9 Å². The molecule has 1 amide bonds. The summed E-state index contributed by atoms with van der Waals surface area (Å²) in [4.78, 5) is 10.6. The second kappa shape index (κ2) is 6.49. The van der Waals surface area contributed by atoms with Gasteiger partial charge in [0.1, 0.15) is 0 Å². The van der Waals surface area contributed by atoms with Crippen molar-refractivity contribution in [2.24, 2.45) is 0 Å². The molecule has 4 heteroatoms. The maximum Gasteiger partial charge on any atom is 0.229 e. The predicted octanol–water partition coefficient (Wildman–Crippen LogP) is 0.457. The molecule has 11 heavy (non-hydrogen) atoms. The van der Waals surface area contributed by atoms with Crippen molar-refractivity contribution >= 4 is 18.5 Å². The third-order valence-electron chi connectivity index (χ3n) is 1.02. The Balaban J connectivity index is 3.08. The molecule has 0 aliphatic rings. The molecular weight excluding hydrogens is 162 g/mol. The Bertz CT molecular complexity index is 117. The number of amides is 1. The van der Waals surface area contributed by atoms with Crippen molar-refractivity contribution in [3.63, 3.8) is 0 Å². The minimum absolute atomic E-state index is 0.0549. The highest BCUT2D eigenvalue weighted by Gasteiger charge is 1.96. The molecule has 0 bridgehead atoms. The first-order chi connectivity index (χ1) is 5.16. The van der Waals surface area contributed by atoms with Crippen LogP contribution in [0, 0.1) is 0 Å². The van der Waals surface area contributed by atoms with Gasteiger partial charge in [-0.3, -0.25) is 4.79 Å². The van der Waals surface area contributed by atoms with Crippen LogP contribution in [0.2, 0.25) is 0 Å². The molecule has 0 unspecified atom stereocenters. The first-order valence-corrected chi connectivity index (χ1v) is 4.29. The van der Waals surface area contributed by atoms with Gasteiger partial charge in [0.25, 0.3) is 0 Å². The molecule has 0 aliphatic heterocycles. The quantitative estimate of drug-likeness (QED) is 0.473. The van der Waals surface area contributed by atoms with Crippen molar-refractivity contribution in [2.75, 3.05) is 18.9 Å². The molecule has 0 saturated heterocycles. The van der Waals surface area contributed by atoms with Gasteiger partial charge in [-0.05, 0) is 13.8 Å². The van der Waals surface area contributed by atoms with E-state index in [1.807, 2.05) is 13.8 Å². The van der Waals surface area contributed by atoms with E-state index >= 15 is 0 Å². The Morgan fingerprint density at radius 1 is 1.64 bits per heavy atom. The smallest absolute Gasteiger partial charge is 0.229 e. The lowest BCUT2D eigenvalue weighted by molar-refractivity contribution is -0.118. The van der Waals surface area contributed by atoms with Gasteiger partial charge in [0.15, 0.2) is 0 Å². The van der Waals surface area contributed by atoms with Crippen molar-refractivity contribution in [1.82, 2.24) is 5.32 Å². The van der Waals surface area contributed by atoms with Crippen LogP contribution in [0.1, 0.15) is 13.8 Å². The van der Waals surface area contributed by atoms with Crippen LogP contribution in [0.25, 0.3) is 0 Å².